The van der Waals surface area contributed by atoms with Gasteiger partial charge in [0, 0.05) is 0 Å². The molecule has 0 aromatic carbocycles. The van der Waals surface area contributed by atoms with Gasteiger partial charge in [-0.15, -0.1) is 0 Å². The van der Waals surface area contributed by atoms with Crippen LogP contribution in [0.25, 0.3) is 0 Å². The highest BCUT2D eigenvalue weighted by Gasteiger charge is 2.14. The van der Waals surface area contributed by atoms with E-state index in [1.165, 1.54) is 5.94 Å². The van der Waals surface area contributed by atoms with Crippen molar-refractivity contribution < 1.29 is 24.1 Å². The van der Waals surface area contributed by atoms with E-state index in [0.717, 1.165) is 6.26 Å². The van der Waals surface area contributed by atoms with Crippen molar-refractivity contribution in [2.24, 2.45) is 0 Å². The van der Waals surface area contributed by atoms with Crippen molar-refractivity contribution in [3.63, 3.8) is 0 Å². The van der Waals surface area contributed by atoms with E-state index in [2.05, 4.69) is 9.62 Å². The van der Waals surface area contributed by atoms with Crippen LogP contribution in [0.15, 0.2) is 6.26 Å². The average Bonchev–Trinajstić information content (AvgIpc) is 2.13. The first kappa shape index (κ1) is 13.7. The van der Waals surface area contributed by atoms with Crippen LogP contribution in [0.4, 0.5) is 0 Å². The molecule has 0 spiro atoms. The SMILES string of the molecule is CC(C)(C)OOC(=O)CCCOC=C=O. The normalized spacial score (nSPS) is 10.3. The van der Waals surface area contributed by atoms with Gasteiger partial charge in [0.25, 0.3) is 0 Å². The minimum Gasteiger partial charge on any atom is -0.490 e. The van der Waals surface area contributed by atoms with E-state index in [1.807, 2.05) is 0 Å². The van der Waals surface area contributed by atoms with Gasteiger partial charge in [0.15, 0.2) is 12.2 Å². The fraction of sp³-hybridized carbons (Fsp3) is 0.700. The van der Waals surface area contributed by atoms with Gasteiger partial charge in [0.2, 0.25) is 0 Å². The molecule has 0 aliphatic carbocycles. The first-order valence-electron chi connectivity index (χ1n) is 4.65. The van der Waals surface area contributed by atoms with E-state index in [0.29, 0.717) is 6.42 Å². The van der Waals surface area contributed by atoms with E-state index in [4.69, 9.17) is 4.89 Å². The molecule has 0 saturated heterocycles. The Hall–Kier alpha value is -1.32. The lowest BCUT2D eigenvalue weighted by molar-refractivity contribution is -0.320. The zero-order chi connectivity index (χ0) is 11.7. The molecule has 0 amide bonds. The number of rotatable bonds is 6. The third-order valence-electron chi connectivity index (χ3n) is 1.16. The quantitative estimate of drug-likeness (QED) is 0.221. The van der Waals surface area contributed by atoms with Gasteiger partial charge >= 0.3 is 5.97 Å². The van der Waals surface area contributed by atoms with Gasteiger partial charge in [-0.2, -0.15) is 4.89 Å². The van der Waals surface area contributed by atoms with Crippen molar-refractivity contribution in [3.8, 4) is 0 Å². The Morgan fingerprint density at radius 2 is 2.07 bits per heavy atom. The van der Waals surface area contributed by atoms with Crippen LogP contribution < -0.4 is 0 Å². The van der Waals surface area contributed by atoms with Crippen molar-refractivity contribution >= 4 is 11.9 Å². The molecule has 0 aromatic heterocycles. The Kier molecular flexibility index (Phi) is 6.42. The predicted octanol–water partition coefficient (Wildman–Crippen LogP) is 1.40. The van der Waals surface area contributed by atoms with Gasteiger partial charge in [-0.05, 0) is 27.2 Å². The maximum absolute atomic E-state index is 11.0. The summed E-state index contributed by atoms with van der Waals surface area (Å²) in [4.78, 5) is 30.1. The second kappa shape index (κ2) is 7.04. The van der Waals surface area contributed by atoms with Crippen molar-refractivity contribution in [1.29, 1.82) is 0 Å². The van der Waals surface area contributed by atoms with Crippen LogP contribution in [0.5, 0.6) is 0 Å². The zero-order valence-electron chi connectivity index (χ0n) is 9.24. The Morgan fingerprint density at radius 3 is 2.60 bits per heavy atom. The summed E-state index contributed by atoms with van der Waals surface area (Å²) < 4.78 is 4.68. The lowest BCUT2D eigenvalue weighted by Gasteiger charge is -2.16. The van der Waals surface area contributed by atoms with Crippen LogP contribution in [-0.4, -0.2) is 24.1 Å². The lowest BCUT2D eigenvalue weighted by Crippen LogP contribution is -2.21. The summed E-state index contributed by atoms with van der Waals surface area (Å²) in [6.45, 7) is 5.61. The Morgan fingerprint density at radius 1 is 1.40 bits per heavy atom. The third-order valence-corrected chi connectivity index (χ3v) is 1.16. The minimum atomic E-state index is -0.508. The fourth-order valence-corrected chi connectivity index (χ4v) is 0.606. The minimum absolute atomic E-state index is 0.183. The summed E-state index contributed by atoms with van der Waals surface area (Å²) in [5.74, 6) is 1.01. The maximum Gasteiger partial charge on any atom is 0.342 e. The van der Waals surface area contributed by atoms with Gasteiger partial charge in [0.05, 0.1) is 13.0 Å². The molecule has 5 nitrogen and oxygen atoms in total. The highest BCUT2D eigenvalue weighted by molar-refractivity contribution is 5.68. The monoisotopic (exact) mass is 216 g/mol. The second-order valence-electron chi connectivity index (χ2n) is 3.86. The van der Waals surface area contributed by atoms with E-state index < -0.39 is 11.6 Å². The average molecular weight is 216 g/mol. The number of hydrogen-bond acceptors (Lipinski definition) is 5. The summed E-state index contributed by atoms with van der Waals surface area (Å²) in [6, 6.07) is 0. The van der Waals surface area contributed by atoms with Gasteiger partial charge in [0.1, 0.15) is 5.60 Å². The van der Waals surface area contributed by atoms with Crippen LogP contribution in [0.1, 0.15) is 33.6 Å². The largest absolute Gasteiger partial charge is 0.490 e. The molecule has 0 aliphatic rings. The van der Waals surface area contributed by atoms with Crippen LogP contribution in [-0.2, 0) is 24.1 Å². The summed E-state index contributed by atoms with van der Waals surface area (Å²) in [7, 11) is 0. The van der Waals surface area contributed by atoms with Crippen LogP contribution in [0.2, 0.25) is 0 Å². The molecular weight excluding hydrogens is 200 g/mol. The molecule has 0 radical (unpaired) electrons. The number of hydrogen-bond donors (Lipinski definition) is 0. The van der Waals surface area contributed by atoms with E-state index in [1.54, 1.807) is 20.8 Å². The summed E-state index contributed by atoms with van der Waals surface area (Å²) in [6.07, 6.45) is 1.56. The van der Waals surface area contributed by atoms with Crippen molar-refractivity contribution in [2.45, 2.75) is 39.2 Å². The second-order valence-corrected chi connectivity index (χ2v) is 3.86. The van der Waals surface area contributed by atoms with E-state index in [-0.39, 0.29) is 13.0 Å². The molecule has 0 saturated carbocycles. The van der Waals surface area contributed by atoms with Crippen LogP contribution in [0.3, 0.4) is 0 Å². The smallest absolute Gasteiger partial charge is 0.342 e. The number of carbonyl (C=O) groups is 1. The molecular formula is C10H16O5. The Balaban J connectivity index is 3.46. The molecule has 0 aliphatic heterocycles. The van der Waals surface area contributed by atoms with Crippen molar-refractivity contribution in [1.82, 2.24) is 0 Å². The van der Waals surface area contributed by atoms with E-state index in [9.17, 15) is 9.59 Å². The Bertz CT molecular complexity index is 235. The highest BCUT2D eigenvalue weighted by atomic mass is 17.2. The molecule has 0 N–H and O–H groups in total. The van der Waals surface area contributed by atoms with Crippen LogP contribution in [0, 0.1) is 0 Å². The summed E-state index contributed by atoms with van der Waals surface area (Å²) >= 11 is 0. The molecule has 0 bridgehead atoms. The Labute approximate surface area is 88.9 Å². The standard InChI is InChI=1S/C10H16O5/c1-10(2,3)15-14-9(12)5-4-7-13-8-6-11/h8H,4-5,7H2,1-3H3. The molecule has 0 heterocycles. The lowest BCUT2D eigenvalue weighted by atomic mass is 10.2. The topological polar surface area (TPSA) is 61.8 Å². The van der Waals surface area contributed by atoms with Crippen molar-refractivity contribution in [3.05, 3.63) is 6.26 Å². The summed E-state index contributed by atoms with van der Waals surface area (Å²) in [5, 5.41) is 0. The van der Waals surface area contributed by atoms with Gasteiger partial charge < -0.3 is 4.74 Å². The molecule has 5 heteroatoms. The zero-order valence-corrected chi connectivity index (χ0v) is 9.24. The summed E-state index contributed by atoms with van der Waals surface area (Å²) in [5.41, 5.74) is -0.508. The molecule has 0 aromatic rings. The van der Waals surface area contributed by atoms with Gasteiger partial charge in [-0.1, -0.05) is 0 Å². The number of ether oxygens (including phenoxy) is 1. The molecule has 0 rings (SSSR count). The predicted molar refractivity (Wildman–Crippen MR) is 52.4 cm³/mol. The fourth-order valence-electron chi connectivity index (χ4n) is 0.606. The first-order valence-corrected chi connectivity index (χ1v) is 4.65. The van der Waals surface area contributed by atoms with Gasteiger partial charge in [-0.3, -0.25) is 4.89 Å². The molecule has 0 fully saturated rings. The molecule has 15 heavy (non-hydrogen) atoms. The number of carbonyl (C=O) groups excluding carboxylic acids is 2. The maximum atomic E-state index is 11.0. The highest BCUT2D eigenvalue weighted by Crippen LogP contribution is 2.08. The van der Waals surface area contributed by atoms with E-state index >= 15 is 0 Å². The molecule has 0 unspecified atom stereocenters. The molecule has 0 atom stereocenters. The first-order chi connectivity index (χ1) is 6.95. The van der Waals surface area contributed by atoms with Gasteiger partial charge in [-0.25, -0.2) is 9.59 Å². The third kappa shape index (κ3) is 10.6. The van der Waals surface area contributed by atoms with Crippen LogP contribution >= 0.6 is 0 Å². The molecule has 86 valence electrons. The van der Waals surface area contributed by atoms with Crippen molar-refractivity contribution in [2.75, 3.05) is 6.61 Å².